The Morgan fingerprint density at radius 1 is 1.18 bits per heavy atom. The van der Waals surface area contributed by atoms with Crippen LogP contribution in [0.25, 0.3) is 0 Å². The summed E-state index contributed by atoms with van der Waals surface area (Å²) < 4.78 is 0. The molecule has 0 unspecified atom stereocenters. The maximum atomic E-state index is 12.2. The molecule has 22 heavy (non-hydrogen) atoms. The molecule has 2 rings (SSSR count). The van der Waals surface area contributed by atoms with Gasteiger partial charge in [0, 0.05) is 32.7 Å². The van der Waals surface area contributed by atoms with Crippen LogP contribution in [0.4, 0.5) is 4.79 Å². The number of allylic oxidation sites excluding steroid dienone is 1. The molecule has 1 heterocycles. The van der Waals surface area contributed by atoms with Crippen LogP contribution in [0.1, 0.15) is 58.3 Å². The molecule has 1 fully saturated rings. The first-order chi connectivity index (χ1) is 10.8. The van der Waals surface area contributed by atoms with E-state index in [4.69, 9.17) is 0 Å². The molecule has 1 aliphatic carbocycles. The van der Waals surface area contributed by atoms with Crippen molar-refractivity contribution in [3.8, 4) is 0 Å². The lowest BCUT2D eigenvalue weighted by molar-refractivity contribution is 0.138. The van der Waals surface area contributed by atoms with Crippen molar-refractivity contribution >= 4 is 6.03 Å². The average Bonchev–Trinajstić information content (AvgIpc) is 2.56. The van der Waals surface area contributed by atoms with Crippen molar-refractivity contribution in [3.05, 3.63) is 11.6 Å². The lowest BCUT2D eigenvalue weighted by Gasteiger charge is -2.34. The Balaban J connectivity index is 1.57. The second-order valence-electron chi connectivity index (χ2n) is 6.63. The predicted octanol–water partition coefficient (Wildman–Crippen LogP) is 3.39. The van der Waals surface area contributed by atoms with Crippen molar-refractivity contribution in [2.24, 2.45) is 0 Å². The van der Waals surface area contributed by atoms with Gasteiger partial charge in [-0.25, -0.2) is 4.79 Å². The van der Waals surface area contributed by atoms with Crippen LogP contribution < -0.4 is 5.32 Å². The second-order valence-corrected chi connectivity index (χ2v) is 6.63. The zero-order valence-electron chi connectivity index (χ0n) is 14.3. The van der Waals surface area contributed by atoms with Gasteiger partial charge in [0.2, 0.25) is 0 Å². The first-order valence-electron chi connectivity index (χ1n) is 9.22. The highest BCUT2D eigenvalue weighted by Gasteiger charge is 2.20. The fourth-order valence-electron chi connectivity index (χ4n) is 3.33. The van der Waals surface area contributed by atoms with Crippen molar-refractivity contribution in [2.75, 3.05) is 39.3 Å². The molecule has 2 aliphatic rings. The van der Waals surface area contributed by atoms with E-state index in [-0.39, 0.29) is 6.03 Å². The van der Waals surface area contributed by atoms with E-state index in [0.717, 1.165) is 39.1 Å². The van der Waals surface area contributed by atoms with Crippen molar-refractivity contribution in [1.82, 2.24) is 15.1 Å². The lowest BCUT2D eigenvalue weighted by atomic mass is 9.97. The van der Waals surface area contributed by atoms with E-state index in [1.807, 2.05) is 4.90 Å². The van der Waals surface area contributed by atoms with E-state index in [9.17, 15) is 4.79 Å². The zero-order valence-corrected chi connectivity index (χ0v) is 14.3. The summed E-state index contributed by atoms with van der Waals surface area (Å²) in [5.41, 5.74) is 1.53. The fraction of sp³-hybridized carbons (Fsp3) is 0.833. The van der Waals surface area contributed by atoms with Crippen LogP contribution in [0.2, 0.25) is 0 Å². The van der Waals surface area contributed by atoms with Crippen molar-refractivity contribution in [1.29, 1.82) is 0 Å². The van der Waals surface area contributed by atoms with Gasteiger partial charge in [0.15, 0.2) is 0 Å². The number of urea groups is 1. The molecule has 1 N–H and O–H groups in total. The third-order valence-electron chi connectivity index (χ3n) is 4.84. The fourth-order valence-corrected chi connectivity index (χ4v) is 3.33. The van der Waals surface area contributed by atoms with E-state index in [1.165, 1.54) is 57.1 Å². The van der Waals surface area contributed by atoms with Crippen molar-refractivity contribution in [2.45, 2.75) is 58.3 Å². The highest BCUT2D eigenvalue weighted by atomic mass is 16.2. The molecule has 4 nitrogen and oxygen atoms in total. The summed E-state index contributed by atoms with van der Waals surface area (Å²) in [5, 5.41) is 3.09. The Kier molecular flexibility index (Phi) is 7.78. The van der Waals surface area contributed by atoms with Gasteiger partial charge in [0.25, 0.3) is 0 Å². The van der Waals surface area contributed by atoms with Gasteiger partial charge in [-0.1, -0.05) is 31.4 Å². The maximum Gasteiger partial charge on any atom is 0.317 e. The number of piperazine rings is 1. The predicted molar refractivity (Wildman–Crippen MR) is 92.1 cm³/mol. The summed E-state index contributed by atoms with van der Waals surface area (Å²) in [6.45, 7) is 8.04. The Morgan fingerprint density at radius 2 is 2.00 bits per heavy atom. The van der Waals surface area contributed by atoms with E-state index in [1.54, 1.807) is 0 Å². The van der Waals surface area contributed by atoms with Gasteiger partial charge in [-0.3, -0.25) is 4.90 Å². The van der Waals surface area contributed by atoms with Gasteiger partial charge in [-0.15, -0.1) is 0 Å². The van der Waals surface area contributed by atoms with Gasteiger partial charge in [-0.2, -0.15) is 0 Å². The molecule has 126 valence electrons. The molecule has 0 aromatic rings. The minimum atomic E-state index is 0.129. The minimum Gasteiger partial charge on any atom is -0.338 e. The molecule has 0 radical (unpaired) electrons. The summed E-state index contributed by atoms with van der Waals surface area (Å²) in [6, 6.07) is 0.129. The number of nitrogens with zero attached hydrogens (tertiary/aromatic N) is 2. The number of rotatable bonds is 7. The van der Waals surface area contributed by atoms with E-state index < -0.39 is 0 Å². The Morgan fingerprint density at radius 3 is 2.68 bits per heavy atom. The average molecular weight is 307 g/mol. The van der Waals surface area contributed by atoms with Crippen LogP contribution in [0.15, 0.2) is 11.6 Å². The maximum absolute atomic E-state index is 12.2. The van der Waals surface area contributed by atoms with Crippen LogP contribution in [0, 0.1) is 0 Å². The van der Waals surface area contributed by atoms with Crippen LogP contribution in [0.3, 0.4) is 0 Å². The SMILES string of the molecule is CCCCCN1CCN(C(=O)NCCC2=CCCCC2)CC1. The third kappa shape index (κ3) is 5.99. The lowest BCUT2D eigenvalue weighted by Crippen LogP contribution is -2.52. The van der Waals surface area contributed by atoms with Gasteiger partial charge in [0.1, 0.15) is 0 Å². The Labute approximate surface area is 135 Å². The quantitative estimate of drug-likeness (QED) is 0.578. The van der Waals surface area contributed by atoms with E-state index in [0.29, 0.717) is 0 Å². The van der Waals surface area contributed by atoms with Crippen LogP contribution in [-0.4, -0.2) is 55.1 Å². The number of nitrogens with one attached hydrogen (secondary N) is 1. The third-order valence-corrected chi connectivity index (χ3v) is 4.84. The molecule has 0 spiro atoms. The largest absolute Gasteiger partial charge is 0.338 e. The molecule has 1 saturated heterocycles. The first-order valence-corrected chi connectivity index (χ1v) is 9.22. The summed E-state index contributed by atoms with van der Waals surface area (Å²) in [4.78, 5) is 16.7. The molecule has 2 amide bonds. The van der Waals surface area contributed by atoms with E-state index in [2.05, 4.69) is 23.2 Å². The number of carbonyl (C=O) groups is 1. The number of hydrogen-bond donors (Lipinski definition) is 1. The second kappa shape index (κ2) is 9.88. The van der Waals surface area contributed by atoms with Crippen LogP contribution in [0.5, 0.6) is 0 Å². The van der Waals surface area contributed by atoms with Gasteiger partial charge < -0.3 is 10.2 Å². The zero-order chi connectivity index (χ0) is 15.6. The molecule has 0 atom stereocenters. The summed E-state index contributed by atoms with van der Waals surface area (Å²) in [6.07, 6.45) is 12.4. The number of unbranched alkanes of at least 4 members (excludes halogenated alkanes) is 2. The normalized spacial score (nSPS) is 19.9. The van der Waals surface area contributed by atoms with Crippen LogP contribution in [-0.2, 0) is 0 Å². The molecule has 0 bridgehead atoms. The molecule has 0 aromatic carbocycles. The first kappa shape index (κ1) is 17.3. The summed E-state index contributed by atoms with van der Waals surface area (Å²) in [7, 11) is 0. The summed E-state index contributed by atoms with van der Waals surface area (Å²) >= 11 is 0. The smallest absolute Gasteiger partial charge is 0.317 e. The number of amides is 2. The molecule has 4 heteroatoms. The van der Waals surface area contributed by atoms with Gasteiger partial charge >= 0.3 is 6.03 Å². The molecule has 0 saturated carbocycles. The van der Waals surface area contributed by atoms with Crippen molar-refractivity contribution in [3.63, 3.8) is 0 Å². The Hall–Kier alpha value is -1.03. The minimum absolute atomic E-state index is 0.129. The standard InChI is InChI=1S/C18H33N3O/c1-2-3-7-12-20-13-15-21(16-14-20)18(22)19-11-10-17-8-5-4-6-9-17/h8H,2-7,9-16H2,1H3,(H,19,22). The number of carbonyl (C=O) groups excluding carboxylic acids is 1. The molecular formula is C18H33N3O. The molecular weight excluding hydrogens is 274 g/mol. The van der Waals surface area contributed by atoms with Crippen LogP contribution >= 0.6 is 0 Å². The highest BCUT2D eigenvalue weighted by Crippen LogP contribution is 2.19. The number of hydrogen-bond acceptors (Lipinski definition) is 2. The topological polar surface area (TPSA) is 35.6 Å². The van der Waals surface area contributed by atoms with Crippen molar-refractivity contribution < 1.29 is 4.79 Å². The summed E-state index contributed by atoms with van der Waals surface area (Å²) in [5.74, 6) is 0. The molecule has 1 aliphatic heterocycles. The van der Waals surface area contributed by atoms with Gasteiger partial charge in [0.05, 0.1) is 0 Å². The molecule has 0 aromatic heterocycles. The monoisotopic (exact) mass is 307 g/mol. The highest BCUT2D eigenvalue weighted by molar-refractivity contribution is 5.74. The van der Waals surface area contributed by atoms with Gasteiger partial charge in [-0.05, 0) is 45.1 Å². The Bertz CT molecular complexity index is 359. The van der Waals surface area contributed by atoms with E-state index >= 15 is 0 Å².